The van der Waals surface area contributed by atoms with Crippen LogP contribution >= 0.6 is 0 Å². The van der Waals surface area contributed by atoms with Gasteiger partial charge in [-0.15, -0.1) is 0 Å². The Labute approximate surface area is 115 Å². The number of carbonyl (C=O) groups excluding carboxylic acids is 1. The molecule has 0 saturated carbocycles. The monoisotopic (exact) mass is 279 g/mol. The lowest BCUT2D eigenvalue weighted by Gasteiger charge is -2.06. The molecule has 0 saturated heterocycles. The Balaban J connectivity index is 2.00. The van der Waals surface area contributed by atoms with Gasteiger partial charge in [0.05, 0.1) is 26.3 Å². The molecule has 20 heavy (non-hydrogen) atoms. The van der Waals surface area contributed by atoms with Gasteiger partial charge in [-0.3, -0.25) is 0 Å². The van der Waals surface area contributed by atoms with Crippen molar-refractivity contribution in [3.05, 3.63) is 47.7 Å². The first kappa shape index (κ1) is 13.9. The molecular weight excluding hydrogens is 265 g/mol. The maximum absolute atomic E-state index is 13.5. The fourth-order valence-corrected chi connectivity index (χ4v) is 1.66. The van der Waals surface area contributed by atoms with Crippen molar-refractivity contribution in [2.75, 3.05) is 19.5 Å². The molecule has 0 spiro atoms. The van der Waals surface area contributed by atoms with Gasteiger partial charge in [0.1, 0.15) is 12.0 Å². The van der Waals surface area contributed by atoms with Gasteiger partial charge in [-0.05, 0) is 18.2 Å². The van der Waals surface area contributed by atoms with Crippen LogP contribution in [0.1, 0.15) is 16.1 Å². The number of anilines is 1. The maximum atomic E-state index is 13.5. The highest BCUT2D eigenvalue weighted by atomic mass is 19.1. The van der Waals surface area contributed by atoms with E-state index < -0.39 is 11.8 Å². The molecule has 1 aromatic carbocycles. The molecule has 1 aromatic heterocycles. The topological polar surface area (TPSA) is 60.7 Å². The molecule has 0 bridgehead atoms. The molecule has 1 heterocycles. The summed E-state index contributed by atoms with van der Waals surface area (Å²) in [5, 5.41) is 2.98. The molecule has 0 aliphatic rings. The van der Waals surface area contributed by atoms with Crippen molar-refractivity contribution in [3.8, 4) is 5.75 Å². The Hall–Kier alpha value is -2.50. The Bertz CT molecular complexity index is 609. The fourth-order valence-electron chi connectivity index (χ4n) is 1.66. The van der Waals surface area contributed by atoms with Gasteiger partial charge < -0.3 is 19.2 Å². The van der Waals surface area contributed by atoms with Gasteiger partial charge in [0, 0.05) is 11.8 Å². The lowest BCUT2D eigenvalue weighted by molar-refractivity contribution is 0.0600. The van der Waals surface area contributed by atoms with Crippen LogP contribution in [0.2, 0.25) is 0 Å². The van der Waals surface area contributed by atoms with E-state index in [9.17, 15) is 9.18 Å². The number of halogens is 1. The maximum Gasteiger partial charge on any atom is 0.341 e. The molecule has 0 unspecified atom stereocenters. The quantitative estimate of drug-likeness (QED) is 0.853. The summed E-state index contributed by atoms with van der Waals surface area (Å²) in [6, 6.07) is 6.10. The molecule has 2 rings (SSSR count). The number of hydrogen-bond donors (Lipinski definition) is 1. The highest BCUT2D eigenvalue weighted by molar-refractivity contribution is 5.88. The minimum Gasteiger partial charge on any atom is -0.494 e. The zero-order valence-corrected chi connectivity index (χ0v) is 11.1. The van der Waals surface area contributed by atoms with E-state index in [4.69, 9.17) is 9.15 Å². The second kappa shape index (κ2) is 6.10. The van der Waals surface area contributed by atoms with Crippen LogP contribution in [0.15, 0.2) is 34.9 Å². The first-order valence-corrected chi connectivity index (χ1v) is 5.87. The molecule has 0 aliphatic carbocycles. The standard InChI is InChI=1S/C14H14FNO4/c1-18-13-4-3-10(6-12(13)15)16-7-11-5-9(8-20-11)14(17)19-2/h3-6,8,16H,7H2,1-2H3. The number of hydrogen-bond acceptors (Lipinski definition) is 5. The number of esters is 1. The molecule has 0 atom stereocenters. The van der Waals surface area contributed by atoms with Gasteiger partial charge in [-0.25, -0.2) is 9.18 Å². The van der Waals surface area contributed by atoms with Crippen molar-refractivity contribution in [3.63, 3.8) is 0 Å². The average Bonchev–Trinajstić information content (AvgIpc) is 2.93. The normalized spacial score (nSPS) is 10.2. The van der Waals surface area contributed by atoms with Gasteiger partial charge >= 0.3 is 5.97 Å². The largest absolute Gasteiger partial charge is 0.494 e. The molecule has 0 amide bonds. The van der Waals surface area contributed by atoms with E-state index in [-0.39, 0.29) is 5.75 Å². The van der Waals surface area contributed by atoms with Gasteiger partial charge in [-0.1, -0.05) is 0 Å². The van der Waals surface area contributed by atoms with E-state index in [2.05, 4.69) is 10.1 Å². The summed E-state index contributed by atoms with van der Waals surface area (Å²) in [5.41, 5.74) is 0.921. The Morgan fingerprint density at radius 2 is 2.15 bits per heavy atom. The molecule has 0 aliphatic heterocycles. The number of rotatable bonds is 5. The molecule has 2 aromatic rings. The predicted octanol–water partition coefficient (Wildman–Crippen LogP) is 2.83. The van der Waals surface area contributed by atoms with E-state index in [1.54, 1.807) is 12.1 Å². The van der Waals surface area contributed by atoms with Gasteiger partial charge in [0.2, 0.25) is 0 Å². The van der Waals surface area contributed by atoms with E-state index in [0.29, 0.717) is 23.6 Å². The first-order valence-electron chi connectivity index (χ1n) is 5.87. The average molecular weight is 279 g/mol. The second-order valence-electron chi connectivity index (χ2n) is 4.00. The van der Waals surface area contributed by atoms with Crippen molar-refractivity contribution in [1.82, 2.24) is 0 Å². The number of benzene rings is 1. The van der Waals surface area contributed by atoms with Crippen molar-refractivity contribution in [2.24, 2.45) is 0 Å². The number of carbonyl (C=O) groups is 1. The summed E-state index contributed by atoms with van der Waals surface area (Å²) in [4.78, 5) is 11.3. The van der Waals surface area contributed by atoms with Crippen LogP contribution in [0.5, 0.6) is 5.75 Å². The molecule has 1 N–H and O–H groups in total. The number of methoxy groups -OCH3 is 2. The number of ether oxygens (including phenoxy) is 2. The van der Waals surface area contributed by atoms with Crippen LogP contribution in [-0.2, 0) is 11.3 Å². The summed E-state index contributed by atoms with van der Waals surface area (Å²) in [5.74, 6) is -0.189. The van der Waals surface area contributed by atoms with Crippen LogP contribution in [-0.4, -0.2) is 20.2 Å². The van der Waals surface area contributed by atoms with E-state index >= 15 is 0 Å². The SMILES string of the molecule is COC(=O)c1coc(CNc2ccc(OC)c(F)c2)c1. The lowest BCUT2D eigenvalue weighted by Crippen LogP contribution is -2.00. The molecular formula is C14H14FNO4. The summed E-state index contributed by atoms with van der Waals surface area (Å²) in [6.45, 7) is 0.322. The van der Waals surface area contributed by atoms with Crippen molar-refractivity contribution >= 4 is 11.7 Å². The first-order chi connectivity index (χ1) is 9.63. The highest BCUT2D eigenvalue weighted by Gasteiger charge is 2.10. The minimum atomic E-state index is -0.463. The second-order valence-corrected chi connectivity index (χ2v) is 4.00. The summed E-state index contributed by atoms with van der Waals surface area (Å²) in [6.07, 6.45) is 1.32. The fraction of sp³-hybridized carbons (Fsp3) is 0.214. The van der Waals surface area contributed by atoms with E-state index in [1.165, 1.54) is 32.6 Å². The summed E-state index contributed by atoms with van der Waals surface area (Å²) in [7, 11) is 2.70. The van der Waals surface area contributed by atoms with E-state index in [0.717, 1.165) is 0 Å². The zero-order valence-electron chi connectivity index (χ0n) is 11.1. The Kier molecular flexibility index (Phi) is 4.24. The molecule has 0 fully saturated rings. The number of furan rings is 1. The predicted molar refractivity (Wildman–Crippen MR) is 70.3 cm³/mol. The molecule has 106 valence electrons. The third-order valence-electron chi connectivity index (χ3n) is 2.69. The summed E-state index contributed by atoms with van der Waals surface area (Å²) < 4.78 is 28.1. The van der Waals surface area contributed by atoms with Crippen LogP contribution in [0.4, 0.5) is 10.1 Å². The summed E-state index contributed by atoms with van der Waals surface area (Å²) >= 11 is 0. The van der Waals surface area contributed by atoms with Crippen LogP contribution in [0, 0.1) is 5.82 Å². The lowest BCUT2D eigenvalue weighted by atomic mass is 10.2. The zero-order chi connectivity index (χ0) is 14.5. The van der Waals surface area contributed by atoms with Gasteiger partial charge in [-0.2, -0.15) is 0 Å². The minimum absolute atomic E-state index is 0.182. The van der Waals surface area contributed by atoms with Crippen molar-refractivity contribution in [2.45, 2.75) is 6.54 Å². The number of nitrogens with one attached hydrogen (secondary N) is 1. The highest BCUT2D eigenvalue weighted by Crippen LogP contribution is 2.21. The third kappa shape index (κ3) is 3.09. The third-order valence-corrected chi connectivity index (χ3v) is 2.69. The Morgan fingerprint density at radius 3 is 2.80 bits per heavy atom. The molecule has 0 radical (unpaired) electrons. The van der Waals surface area contributed by atoms with Crippen molar-refractivity contribution in [1.29, 1.82) is 0 Å². The van der Waals surface area contributed by atoms with Crippen LogP contribution < -0.4 is 10.1 Å². The molecule has 6 heteroatoms. The van der Waals surface area contributed by atoms with Gasteiger partial charge in [0.15, 0.2) is 11.6 Å². The van der Waals surface area contributed by atoms with E-state index in [1.807, 2.05) is 0 Å². The van der Waals surface area contributed by atoms with Crippen LogP contribution in [0.3, 0.4) is 0 Å². The van der Waals surface area contributed by atoms with Crippen LogP contribution in [0.25, 0.3) is 0 Å². The Morgan fingerprint density at radius 1 is 1.35 bits per heavy atom. The van der Waals surface area contributed by atoms with Crippen molar-refractivity contribution < 1.29 is 23.1 Å². The van der Waals surface area contributed by atoms with Gasteiger partial charge in [0.25, 0.3) is 0 Å². The molecule has 5 nitrogen and oxygen atoms in total. The smallest absolute Gasteiger partial charge is 0.341 e.